The first-order valence-electron chi connectivity index (χ1n) is 12.7. The van der Waals surface area contributed by atoms with Gasteiger partial charge < -0.3 is 19.4 Å². The van der Waals surface area contributed by atoms with Crippen LogP contribution in [0.2, 0.25) is 0 Å². The second-order valence-corrected chi connectivity index (χ2v) is 9.94. The molecule has 1 aromatic carbocycles. The number of ether oxygens (including phenoxy) is 1. The summed E-state index contributed by atoms with van der Waals surface area (Å²) < 4.78 is 5.22. The predicted molar refractivity (Wildman–Crippen MR) is 136 cm³/mol. The summed E-state index contributed by atoms with van der Waals surface area (Å²) in [6.07, 6.45) is 3.70. The van der Waals surface area contributed by atoms with Crippen LogP contribution in [-0.4, -0.2) is 78.2 Å². The normalized spacial score (nSPS) is 16.2. The average molecular weight is 480 g/mol. The van der Waals surface area contributed by atoms with Crippen LogP contribution in [0.3, 0.4) is 0 Å². The maximum absolute atomic E-state index is 13.1. The first-order valence-corrected chi connectivity index (χ1v) is 12.7. The van der Waals surface area contributed by atoms with Crippen LogP contribution in [0.4, 0.5) is 5.82 Å². The van der Waals surface area contributed by atoms with Gasteiger partial charge in [0, 0.05) is 44.2 Å². The lowest BCUT2D eigenvalue weighted by Gasteiger charge is -2.27. The van der Waals surface area contributed by atoms with E-state index in [1.54, 1.807) is 12.0 Å². The number of aromatic nitrogens is 2. The smallest absolute Gasteiger partial charge is 0.242 e. The van der Waals surface area contributed by atoms with Crippen LogP contribution in [0.15, 0.2) is 36.4 Å². The Hall–Kier alpha value is -3.16. The SMILES string of the molecule is COc1ccc(-c2ccc(N3CCCN(C(=O)CN(CCC(C)C)C(=O)C4CC4)CC3)nn2)cc1. The summed E-state index contributed by atoms with van der Waals surface area (Å²) in [6, 6.07) is 11.7. The van der Waals surface area contributed by atoms with Gasteiger partial charge in [0.2, 0.25) is 11.8 Å². The van der Waals surface area contributed by atoms with Crippen LogP contribution in [0.25, 0.3) is 11.3 Å². The highest BCUT2D eigenvalue weighted by atomic mass is 16.5. The molecule has 188 valence electrons. The summed E-state index contributed by atoms with van der Waals surface area (Å²) in [5.41, 5.74) is 1.80. The Balaban J connectivity index is 1.33. The Labute approximate surface area is 208 Å². The molecular weight excluding hydrogens is 442 g/mol. The Kier molecular flexibility index (Phi) is 8.21. The van der Waals surface area contributed by atoms with Gasteiger partial charge in [-0.05, 0) is 68.0 Å². The number of anilines is 1. The average Bonchev–Trinajstić information content (AvgIpc) is 3.73. The number of hydrogen-bond acceptors (Lipinski definition) is 6. The molecule has 1 aromatic heterocycles. The van der Waals surface area contributed by atoms with Crippen LogP contribution < -0.4 is 9.64 Å². The Bertz CT molecular complexity index is 989. The van der Waals surface area contributed by atoms with E-state index in [1.165, 1.54) is 0 Å². The van der Waals surface area contributed by atoms with Gasteiger partial charge in [-0.25, -0.2) is 0 Å². The largest absolute Gasteiger partial charge is 0.497 e. The van der Waals surface area contributed by atoms with Gasteiger partial charge in [-0.2, -0.15) is 0 Å². The van der Waals surface area contributed by atoms with Crippen LogP contribution in [0.5, 0.6) is 5.75 Å². The van der Waals surface area contributed by atoms with Crippen LogP contribution in [0, 0.1) is 11.8 Å². The van der Waals surface area contributed by atoms with Gasteiger partial charge in [-0.3, -0.25) is 9.59 Å². The Morgan fingerprint density at radius 2 is 1.80 bits per heavy atom. The van der Waals surface area contributed by atoms with E-state index in [2.05, 4.69) is 28.9 Å². The summed E-state index contributed by atoms with van der Waals surface area (Å²) in [5.74, 6) is 2.46. The molecule has 2 fully saturated rings. The van der Waals surface area contributed by atoms with Crippen molar-refractivity contribution in [2.45, 2.75) is 39.5 Å². The lowest BCUT2D eigenvalue weighted by Crippen LogP contribution is -2.45. The first-order chi connectivity index (χ1) is 16.9. The van der Waals surface area contributed by atoms with E-state index in [1.807, 2.05) is 41.3 Å². The van der Waals surface area contributed by atoms with E-state index in [0.717, 1.165) is 55.1 Å². The third-order valence-electron chi connectivity index (χ3n) is 6.75. The fraction of sp³-hybridized carbons (Fsp3) is 0.556. The molecule has 0 unspecified atom stereocenters. The number of carbonyl (C=O) groups excluding carboxylic acids is 2. The number of carbonyl (C=O) groups is 2. The second-order valence-electron chi connectivity index (χ2n) is 9.94. The first kappa shape index (κ1) is 24.9. The minimum Gasteiger partial charge on any atom is -0.497 e. The van der Waals surface area contributed by atoms with Gasteiger partial charge in [-0.1, -0.05) is 13.8 Å². The van der Waals surface area contributed by atoms with Crippen molar-refractivity contribution >= 4 is 17.6 Å². The van der Waals surface area contributed by atoms with Gasteiger partial charge in [-0.15, -0.1) is 10.2 Å². The van der Waals surface area contributed by atoms with Crippen molar-refractivity contribution in [1.29, 1.82) is 0 Å². The fourth-order valence-electron chi connectivity index (χ4n) is 4.34. The summed E-state index contributed by atoms with van der Waals surface area (Å²) in [5, 5.41) is 8.88. The Morgan fingerprint density at radius 1 is 1.03 bits per heavy atom. The molecule has 0 spiro atoms. The van der Waals surface area contributed by atoms with Crippen molar-refractivity contribution in [2.75, 3.05) is 51.3 Å². The zero-order valence-corrected chi connectivity index (χ0v) is 21.2. The standard InChI is InChI=1S/C27H37N5O3/c1-20(2)13-16-32(27(34)22-5-6-22)19-26(33)31-15-4-14-30(17-18-31)25-12-11-24(28-29-25)21-7-9-23(35-3)10-8-21/h7-12,20,22H,4-6,13-19H2,1-3H3. The van der Waals surface area contributed by atoms with Crippen LogP contribution in [-0.2, 0) is 9.59 Å². The van der Waals surface area contributed by atoms with Gasteiger partial charge in [0.25, 0.3) is 0 Å². The third kappa shape index (κ3) is 6.71. The Morgan fingerprint density at radius 3 is 2.43 bits per heavy atom. The molecule has 0 N–H and O–H groups in total. The number of benzene rings is 1. The number of methoxy groups -OCH3 is 1. The monoisotopic (exact) mass is 479 g/mol. The van der Waals surface area contributed by atoms with E-state index in [0.29, 0.717) is 32.1 Å². The van der Waals surface area contributed by atoms with Gasteiger partial charge in [0.05, 0.1) is 19.3 Å². The van der Waals surface area contributed by atoms with Gasteiger partial charge >= 0.3 is 0 Å². The maximum Gasteiger partial charge on any atom is 0.242 e. The molecule has 2 aromatic rings. The van der Waals surface area contributed by atoms with E-state index in [-0.39, 0.29) is 24.3 Å². The van der Waals surface area contributed by atoms with Crippen molar-refractivity contribution < 1.29 is 14.3 Å². The van der Waals surface area contributed by atoms with Crippen molar-refractivity contribution in [3.63, 3.8) is 0 Å². The molecule has 2 amide bonds. The van der Waals surface area contributed by atoms with E-state index in [4.69, 9.17) is 4.74 Å². The molecule has 0 radical (unpaired) electrons. The molecule has 0 bridgehead atoms. The van der Waals surface area contributed by atoms with Crippen molar-refractivity contribution in [1.82, 2.24) is 20.0 Å². The summed E-state index contributed by atoms with van der Waals surface area (Å²) in [6.45, 7) is 7.99. The molecule has 35 heavy (non-hydrogen) atoms. The van der Waals surface area contributed by atoms with E-state index >= 15 is 0 Å². The highest BCUT2D eigenvalue weighted by Crippen LogP contribution is 2.31. The molecule has 2 aliphatic rings. The number of amides is 2. The lowest BCUT2D eigenvalue weighted by atomic mass is 10.1. The van der Waals surface area contributed by atoms with Gasteiger partial charge in [0.1, 0.15) is 5.75 Å². The highest BCUT2D eigenvalue weighted by Gasteiger charge is 2.34. The minimum atomic E-state index is 0.0468. The third-order valence-corrected chi connectivity index (χ3v) is 6.75. The fourth-order valence-corrected chi connectivity index (χ4v) is 4.34. The quantitative estimate of drug-likeness (QED) is 0.548. The zero-order chi connectivity index (χ0) is 24.8. The second kappa shape index (κ2) is 11.5. The minimum absolute atomic E-state index is 0.0468. The molecule has 1 saturated heterocycles. The van der Waals surface area contributed by atoms with Crippen molar-refractivity contribution in [2.24, 2.45) is 11.8 Å². The van der Waals surface area contributed by atoms with Crippen LogP contribution >= 0.6 is 0 Å². The molecule has 1 aliphatic heterocycles. The molecule has 4 rings (SSSR count). The highest BCUT2D eigenvalue weighted by molar-refractivity contribution is 5.87. The molecule has 8 nitrogen and oxygen atoms in total. The zero-order valence-electron chi connectivity index (χ0n) is 21.2. The van der Waals surface area contributed by atoms with Gasteiger partial charge in [0.15, 0.2) is 5.82 Å². The summed E-state index contributed by atoms with van der Waals surface area (Å²) in [4.78, 5) is 31.7. The van der Waals surface area contributed by atoms with Crippen LogP contribution in [0.1, 0.15) is 39.5 Å². The molecule has 2 heterocycles. The number of rotatable bonds is 9. The molecule has 0 atom stereocenters. The van der Waals surface area contributed by atoms with Crippen molar-refractivity contribution in [3.8, 4) is 17.0 Å². The molecular formula is C27H37N5O3. The number of hydrogen-bond donors (Lipinski definition) is 0. The summed E-state index contributed by atoms with van der Waals surface area (Å²) >= 11 is 0. The van der Waals surface area contributed by atoms with E-state index < -0.39 is 0 Å². The summed E-state index contributed by atoms with van der Waals surface area (Å²) in [7, 11) is 1.65. The topological polar surface area (TPSA) is 78.9 Å². The predicted octanol–water partition coefficient (Wildman–Crippen LogP) is 3.48. The number of nitrogens with zero attached hydrogens (tertiary/aromatic N) is 5. The molecule has 1 saturated carbocycles. The van der Waals surface area contributed by atoms with E-state index in [9.17, 15) is 9.59 Å². The molecule has 8 heteroatoms. The lowest BCUT2D eigenvalue weighted by molar-refractivity contribution is -0.141. The maximum atomic E-state index is 13.1. The van der Waals surface area contributed by atoms with Crippen molar-refractivity contribution in [3.05, 3.63) is 36.4 Å². The molecule has 1 aliphatic carbocycles.